The molecule has 156 valence electrons. The summed E-state index contributed by atoms with van der Waals surface area (Å²) in [4.78, 5) is 29.9. The van der Waals surface area contributed by atoms with E-state index in [4.69, 9.17) is 11.6 Å². The molecule has 1 heterocycles. The summed E-state index contributed by atoms with van der Waals surface area (Å²) in [5, 5.41) is 4.63. The van der Waals surface area contributed by atoms with Gasteiger partial charge in [-0.3, -0.25) is 14.2 Å². The molecular weight excluding hydrogens is 406 g/mol. The summed E-state index contributed by atoms with van der Waals surface area (Å²) >= 11 is 7.37. The maximum atomic E-state index is 12.9. The van der Waals surface area contributed by atoms with Crippen molar-refractivity contribution in [3.63, 3.8) is 0 Å². The number of allylic oxidation sites excluding steroid dienone is 1. The van der Waals surface area contributed by atoms with Crippen LogP contribution in [0.2, 0.25) is 5.02 Å². The second-order valence-corrected chi connectivity index (χ2v) is 9.24. The van der Waals surface area contributed by atoms with Crippen LogP contribution in [0, 0.1) is 5.92 Å². The van der Waals surface area contributed by atoms with Gasteiger partial charge in [0.1, 0.15) is 0 Å². The monoisotopic (exact) mass is 433 g/mol. The second kappa shape index (κ2) is 10.3. The number of aromatic nitrogens is 2. The molecule has 0 unspecified atom stereocenters. The van der Waals surface area contributed by atoms with Gasteiger partial charge in [0, 0.05) is 18.1 Å². The minimum Gasteiger partial charge on any atom is -0.355 e. The number of fused-ring (bicyclic) bond motifs is 1. The van der Waals surface area contributed by atoms with Crippen molar-refractivity contribution in [1.29, 1.82) is 0 Å². The van der Waals surface area contributed by atoms with E-state index in [9.17, 15) is 9.59 Å². The Morgan fingerprint density at radius 3 is 2.90 bits per heavy atom. The Hall–Kier alpha value is -1.79. The minimum absolute atomic E-state index is 0.0389. The molecular formula is C22H28ClN3O2S. The first-order valence-corrected chi connectivity index (χ1v) is 11.6. The lowest BCUT2D eigenvalue weighted by atomic mass is 9.97. The van der Waals surface area contributed by atoms with Gasteiger partial charge in [-0.05, 0) is 56.2 Å². The molecule has 29 heavy (non-hydrogen) atoms. The summed E-state index contributed by atoms with van der Waals surface area (Å²) in [7, 11) is 0. The Kier molecular flexibility index (Phi) is 7.78. The lowest BCUT2D eigenvalue weighted by Gasteiger charge is -2.15. The van der Waals surface area contributed by atoms with Crippen molar-refractivity contribution < 1.29 is 4.79 Å². The molecule has 0 atom stereocenters. The highest BCUT2D eigenvalue weighted by molar-refractivity contribution is 7.99. The summed E-state index contributed by atoms with van der Waals surface area (Å²) < 4.78 is 1.67. The Balaban J connectivity index is 1.68. The third kappa shape index (κ3) is 6.09. The van der Waals surface area contributed by atoms with E-state index in [-0.39, 0.29) is 23.1 Å². The van der Waals surface area contributed by atoms with Gasteiger partial charge >= 0.3 is 0 Å². The molecule has 1 aliphatic carbocycles. The van der Waals surface area contributed by atoms with Crippen molar-refractivity contribution >= 4 is 40.2 Å². The Labute approximate surface area is 180 Å². The molecule has 1 amide bonds. The number of carbonyl (C=O) groups is 1. The van der Waals surface area contributed by atoms with Crippen LogP contribution < -0.4 is 10.9 Å². The van der Waals surface area contributed by atoms with E-state index in [1.54, 1.807) is 22.8 Å². The summed E-state index contributed by atoms with van der Waals surface area (Å²) in [6.45, 7) is 5.33. The van der Waals surface area contributed by atoms with Gasteiger partial charge < -0.3 is 5.32 Å². The smallest absolute Gasteiger partial charge is 0.262 e. The van der Waals surface area contributed by atoms with Crippen LogP contribution in [-0.4, -0.2) is 27.8 Å². The zero-order chi connectivity index (χ0) is 20.8. The van der Waals surface area contributed by atoms with Crippen LogP contribution in [0.25, 0.3) is 10.9 Å². The molecule has 1 aromatic carbocycles. The predicted octanol–water partition coefficient (Wildman–Crippen LogP) is 4.80. The zero-order valence-corrected chi connectivity index (χ0v) is 18.6. The topological polar surface area (TPSA) is 64.0 Å². The van der Waals surface area contributed by atoms with Crippen molar-refractivity contribution in [3.05, 3.63) is 45.2 Å². The first-order valence-electron chi connectivity index (χ1n) is 10.2. The molecule has 3 rings (SSSR count). The van der Waals surface area contributed by atoms with Gasteiger partial charge in [-0.1, -0.05) is 48.9 Å². The van der Waals surface area contributed by atoms with Crippen LogP contribution in [0.4, 0.5) is 0 Å². The number of rotatable bonds is 8. The molecule has 1 aromatic heterocycles. The molecule has 0 aliphatic heterocycles. The third-order valence-electron chi connectivity index (χ3n) is 4.92. The molecule has 0 saturated heterocycles. The summed E-state index contributed by atoms with van der Waals surface area (Å²) in [5.41, 5.74) is 1.92. The second-order valence-electron chi connectivity index (χ2n) is 7.86. The highest BCUT2D eigenvalue weighted by atomic mass is 35.5. The highest BCUT2D eigenvalue weighted by Gasteiger charge is 2.15. The summed E-state index contributed by atoms with van der Waals surface area (Å²) in [5.74, 6) is 0.481. The van der Waals surface area contributed by atoms with Crippen molar-refractivity contribution in [2.75, 3.05) is 12.3 Å². The molecule has 0 radical (unpaired) electrons. The molecule has 0 fully saturated rings. The maximum absolute atomic E-state index is 12.9. The van der Waals surface area contributed by atoms with Gasteiger partial charge in [0.05, 0.1) is 16.7 Å². The number of amides is 1. The van der Waals surface area contributed by atoms with E-state index < -0.39 is 0 Å². The standard InChI is InChI=1S/C22H28ClN3O2S/c1-15(2)13-26-21(28)18-9-8-17(23)12-19(18)25-22(26)29-14-20(27)24-11-10-16-6-4-3-5-7-16/h6,8-9,12,15H,3-5,7,10-11,13-14H2,1-2H3,(H,24,27). The van der Waals surface area contributed by atoms with E-state index in [1.807, 2.05) is 0 Å². The highest BCUT2D eigenvalue weighted by Crippen LogP contribution is 2.22. The lowest BCUT2D eigenvalue weighted by Crippen LogP contribution is -2.28. The molecule has 7 heteroatoms. The Morgan fingerprint density at radius 1 is 1.34 bits per heavy atom. The van der Waals surface area contributed by atoms with Gasteiger partial charge in [-0.2, -0.15) is 0 Å². The average Bonchev–Trinajstić information content (AvgIpc) is 2.69. The first kappa shape index (κ1) is 21.9. The van der Waals surface area contributed by atoms with E-state index in [0.717, 1.165) is 19.3 Å². The van der Waals surface area contributed by atoms with Crippen LogP contribution in [0.1, 0.15) is 46.0 Å². The largest absolute Gasteiger partial charge is 0.355 e. The average molecular weight is 434 g/mol. The lowest BCUT2D eigenvalue weighted by molar-refractivity contribution is -0.118. The zero-order valence-electron chi connectivity index (χ0n) is 17.0. The first-order chi connectivity index (χ1) is 13.9. The molecule has 2 aromatic rings. The molecule has 0 spiro atoms. The summed E-state index contributed by atoms with van der Waals surface area (Å²) in [6, 6.07) is 5.11. The van der Waals surface area contributed by atoms with Gasteiger partial charge in [-0.25, -0.2) is 4.98 Å². The Bertz CT molecular complexity index is 968. The van der Waals surface area contributed by atoms with E-state index >= 15 is 0 Å². The quantitative estimate of drug-likeness (QED) is 0.368. The van der Waals surface area contributed by atoms with Crippen LogP contribution in [0.15, 0.2) is 39.8 Å². The summed E-state index contributed by atoms with van der Waals surface area (Å²) in [6.07, 6.45) is 8.05. The molecule has 1 aliphatic rings. The van der Waals surface area contributed by atoms with E-state index in [2.05, 4.69) is 30.2 Å². The fourth-order valence-electron chi connectivity index (χ4n) is 3.49. The number of nitrogens with zero attached hydrogens (tertiary/aromatic N) is 2. The third-order valence-corrected chi connectivity index (χ3v) is 6.13. The van der Waals surface area contributed by atoms with Gasteiger partial charge in [0.25, 0.3) is 5.56 Å². The van der Waals surface area contributed by atoms with Crippen molar-refractivity contribution in [2.24, 2.45) is 5.92 Å². The number of benzene rings is 1. The molecule has 0 bridgehead atoms. The number of thioether (sulfide) groups is 1. The van der Waals surface area contributed by atoms with Crippen LogP contribution in [-0.2, 0) is 11.3 Å². The number of hydrogen-bond donors (Lipinski definition) is 1. The van der Waals surface area contributed by atoms with Crippen LogP contribution >= 0.6 is 23.4 Å². The van der Waals surface area contributed by atoms with Crippen molar-refractivity contribution in [1.82, 2.24) is 14.9 Å². The number of carbonyl (C=O) groups excluding carboxylic acids is 1. The normalized spacial score (nSPS) is 14.3. The van der Waals surface area contributed by atoms with Gasteiger partial charge in [0.2, 0.25) is 5.91 Å². The molecule has 1 N–H and O–H groups in total. The minimum atomic E-state index is -0.0903. The number of hydrogen-bond acceptors (Lipinski definition) is 4. The van der Waals surface area contributed by atoms with Crippen molar-refractivity contribution in [2.45, 2.75) is 57.7 Å². The Morgan fingerprint density at radius 2 is 2.17 bits per heavy atom. The van der Waals surface area contributed by atoms with Gasteiger partial charge in [0.15, 0.2) is 5.16 Å². The van der Waals surface area contributed by atoms with Crippen LogP contribution in [0.5, 0.6) is 0 Å². The fourth-order valence-corrected chi connectivity index (χ4v) is 4.49. The van der Waals surface area contributed by atoms with E-state index in [0.29, 0.717) is 34.2 Å². The van der Waals surface area contributed by atoms with Crippen LogP contribution in [0.3, 0.4) is 0 Å². The van der Waals surface area contributed by atoms with Gasteiger partial charge in [-0.15, -0.1) is 0 Å². The van der Waals surface area contributed by atoms with E-state index in [1.165, 1.54) is 30.2 Å². The van der Waals surface area contributed by atoms with Crippen molar-refractivity contribution in [3.8, 4) is 0 Å². The predicted molar refractivity (Wildman–Crippen MR) is 121 cm³/mol. The SMILES string of the molecule is CC(C)Cn1c(SCC(=O)NCCC2=CCCCC2)nc2cc(Cl)ccc2c1=O. The molecule has 5 nitrogen and oxygen atoms in total. The maximum Gasteiger partial charge on any atom is 0.262 e. The molecule has 0 saturated carbocycles. The fraction of sp³-hybridized carbons (Fsp3) is 0.500. The number of nitrogens with one attached hydrogen (secondary N) is 1. The number of halogens is 1.